The smallest absolute Gasteiger partial charge is 0.253 e. The molecule has 0 aliphatic carbocycles. The molecule has 1 heterocycles. The Morgan fingerprint density at radius 1 is 0.967 bits per heavy atom. The molecule has 1 saturated heterocycles. The number of hydrogen-bond donors (Lipinski definition) is 2. The number of carbonyl (C=O) groups excluding carboxylic acids is 2. The Labute approximate surface area is 187 Å². The van der Waals surface area contributed by atoms with Crippen molar-refractivity contribution in [3.05, 3.63) is 59.1 Å². The Morgan fingerprint density at radius 3 is 2.13 bits per heavy atom. The first-order valence-electron chi connectivity index (χ1n) is 9.85. The number of halogens is 1. The third-order valence-corrected chi connectivity index (χ3v) is 5.37. The molecule has 0 radical (unpaired) electrons. The summed E-state index contributed by atoms with van der Waals surface area (Å²) in [6.07, 6.45) is 0. The number of benzene rings is 2. The third kappa shape index (κ3) is 5.70. The van der Waals surface area contributed by atoms with Crippen molar-refractivity contribution in [1.29, 1.82) is 0 Å². The summed E-state index contributed by atoms with van der Waals surface area (Å²) in [4.78, 5) is 28.4. The zero-order valence-electron chi connectivity index (χ0n) is 17.0. The molecular weight excluding hydrogens is 420 g/mol. The molecule has 1 aliphatic heterocycles. The molecule has 0 saturated carbocycles. The van der Waals surface area contributed by atoms with Gasteiger partial charge in [0.25, 0.3) is 5.91 Å². The molecule has 3 rings (SSSR count). The number of nitrogens with zero attached hydrogens (tertiary/aromatic N) is 2. The van der Waals surface area contributed by atoms with Gasteiger partial charge in [-0.2, -0.15) is 0 Å². The molecule has 2 N–H and O–H groups in total. The molecule has 2 aromatic rings. The summed E-state index contributed by atoms with van der Waals surface area (Å²) in [7, 11) is 0. The van der Waals surface area contributed by atoms with Gasteiger partial charge in [0.1, 0.15) is 0 Å². The molecule has 2 amide bonds. The van der Waals surface area contributed by atoms with Crippen LogP contribution in [0.2, 0.25) is 5.02 Å². The molecule has 1 aliphatic rings. The van der Waals surface area contributed by atoms with Crippen LogP contribution in [0.5, 0.6) is 0 Å². The quantitative estimate of drug-likeness (QED) is 0.703. The summed E-state index contributed by atoms with van der Waals surface area (Å²) < 4.78 is 0. The summed E-state index contributed by atoms with van der Waals surface area (Å²) in [6.45, 7) is 6.47. The molecule has 0 aromatic heterocycles. The zero-order chi connectivity index (χ0) is 21.7. The number of carbonyl (C=O) groups is 2. The number of hydrogen-bond acceptors (Lipinski definition) is 4. The van der Waals surface area contributed by atoms with Gasteiger partial charge in [0.05, 0.1) is 0 Å². The van der Waals surface area contributed by atoms with Crippen LogP contribution in [0.4, 0.5) is 11.4 Å². The SMILES string of the molecule is CC(C)C(=O)NC(=S)Nc1ccc(N2CCN(C(=O)c3ccc(Cl)cc3)CC2)cc1. The van der Waals surface area contributed by atoms with Crippen LogP contribution in [0.25, 0.3) is 0 Å². The summed E-state index contributed by atoms with van der Waals surface area (Å²) in [5.74, 6) is -0.213. The molecule has 0 bridgehead atoms. The van der Waals surface area contributed by atoms with E-state index in [9.17, 15) is 9.59 Å². The Bertz CT molecular complexity index is 908. The fourth-order valence-electron chi connectivity index (χ4n) is 3.12. The monoisotopic (exact) mass is 444 g/mol. The fraction of sp³-hybridized carbons (Fsp3) is 0.318. The molecule has 6 nitrogen and oxygen atoms in total. The van der Waals surface area contributed by atoms with Crippen molar-refractivity contribution in [1.82, 2.24) is 10.2 Å². The highest BCUT2D eigenvalue weighted by Gasteiger charge is 2.22. The van der Waals surface area contributed by atoms with Gasteiger partial charge in [-0.1, -0.05) is 25.4 Å². The maximum Gasteiger partial charge on any atom is 0.253 e. The van der Waals surface area contributed by atoms with Crippen molar-refractivity contribution in [2.75, 3.05) is 36.4 Å². The maximum atomic E-state index is 12.6. The molecule has 158 valence electrons. The van der Waals surface area contributed by atoms with Gasteiger partial charge in [-0.05, 0) is 60.7 Å². The van der Waals surface area contributed by atoms with Crippen LogP contribution in [0.3, 0.4) is 0 Å². The van der Waals surface area contributed by atoms with E-state index in [1.165, 1.54) is 0 Å². The van der Waals surface area contributed by atoms with Gasteiger partial charge in [0.15, 0.2) is 5.11 Å². The van der Waals surface area contributed by atoms with E-state index in [1.807, 2.05) is 43.0 Å². The Morgan fingerprint density at radius 2 is 1.57 bits per heavy atom. The van der Waals surface area contributed by atoms with Gasteiger partial charge in [0.2, 0.25) is 5.91 Å². The van der Waals surface area contributed by atoms with Gasteiger partial charge in [-0.25, -0.2) is 0 Å². The van der Waals surface area contributed by atoms with Crippen molar-refractivity contribution < 1.29 is 9.59 Å². The van der Waals surface area contributed by atoms with Crippen molar-refractivity contribution in [2.45, 2.75) is 13.8 Å². The topological polar surface area (TPSA) is 64.7 Å². The Kier molecular flexibility index (Phi) is 7.29. The van der Waals surface area contributed by atoms with Gasteiger partial charge >= 0.3 is 0 Å². The van der Waals surface area contributed by atoms with Crippen molar-refractivity contribution in [3.63, 3.8) is 0 Å². The minimum atomic E-state index is -0.127. The fourth-order valence-corrected chi connectivity index (χ4v) is 3.46. The lowest BCUT2D eigenvalue weighted by Crippen LogP contribution is -2.48. The molecule has 30 heavy (non-hydrogen) atoms. The lowest BCUT2D eigenvalue weighted by molar-refractivity contribution is -0.122. The van der Waals surface area contributed by atoms with Crippen LogP contribution in [-0.2, 0) is 4.79 Å². The van der Waals surface area contributed by atoms with Crippen LogP contribution in [-0.4, -0.2) is 48.0 Å². The van der Waals surface area contributed by atoms with Gasteiger partial charge in [-0.15, -0.1) is 0 Å². The zero-order valence-corrected chi connectivity index (χ0v) is 18.6. The first-order chi connectivity index (χ1) is 14.3. The maximum absolute atomic E-state index is 12.6. The molecule has 2 aromatic carbocycles. The normalized spacial score (nSPS) is 13.9. The molecule has 0 spiro atoms. The van der Waals surface area contributed by atoms with Gasteiger partial charge < -0.3 is 20.4 Å². The third-order valence-electron chi connectivity index (χ3n) is 4.91. The average Bonchev–Trinajstić information content (AvgIpc) is 2.74. The van der Waals surface area contributed by atoms with Crippen LogP contribution < -0.4 is 15.5 Å². The van der Waals surface area contributed by atoms with Crippen LogP contribution in [0.1, 0.15) is 24.2 Å². The summed E-state index contributed by atoms with van der Waals surface area (Å²) >= 11 is 11.1. The van der Waals surface area contributed by atoms with Crippen molar-refractivity contribution in [2.24, 2.45) is 5.92 Å². The summed E-state index contributed by atoms with van der Waals surface area (Å²) in [5, 5.41) is 6.59. The average molecular weight is 445 g/mol. The van der Waals surface area contributed by atoms with Crippen LogP contribution in [0.15, 0.2) is 48.5 Å². The summed E-state index contributed by atoms with van der Waals surface area (Å²) in [5.41, 5.74) is 2.55. The minimum absolute atomic E-state index is 0.0304. The number of amides is 2. The number of piperazine rings is 1. The highest BCUT2D eigenvalue weighted by Crippen LogP contribution is 2.20. The number of thiocarbonyl (C=S) groups is 1. The molecule has 1 fully saturated rings. The first kappa shape index (κ1) is 22.1. The Balaban J connectivity index is 1.52. The Hall–Kier alpha value is -2.64. The minimum Gasteiger partial charge on any atom is -0.368 e. The second-order valence-corrected chi connectivity index (χ2v) is 8.28. The predicted octanol–water partition coefficient (Wildman–Crippen LogP) is 3.77. The molecule has 0 atom stereocenters. The van der Waals surface area contributed by atoms with E-state index >= 15 is 0 Å². The molecular formula is C22H25ClN4O2S. The van der Waals surface area contributed by atoms with E-state index in [0.29, 0.717) is 23.7 Å². The van der Waals surface area contributed by atoms with E-state index in [-0.39, 0.29) is 22.8 Å². The molecule has 0 unspecified atom stereocenters. The number of rotatable bonds is 4. The van der Waals surface area contributed by atoms with Crippen molar-refractivity contribution in [3.8, 4) is 0 Å². The lowest BCUT2D eigenvalue weighted by atomic mass is 10.1. The molecule has 8 heteroatoms. The van der Waals surface area contributed by atoms with E-state index < -0.39 is 0 Å². The number of anilines is 2. The second kappa shape index (κ2) is 9.91. The van der Waals surface area contributed by atoms with Crippen LogP contribution in [0, 0.1) is 5.92 Å². The predicted molar refractivity (Wildman–Crippen MR) is 125 cm³/mol. The highest BCUT2D eigenvalue weighted by molar-refractivity contribution is 7.80. The first-order valence-corrected chi connectivity index (χ1v) is 10.6. The van der Waals surface area contributed by atoms with Gasteiger partial charge in [-0.3, -0.25) is 9.59 Å². The summed E-state index contributed by atoms with van der Waals surface area (Å²) in [6, 6.07) is 14.9. The second-order valence-electron chi connectivity index (χ2n) is 7.43. The lowest BCUT2D eigenvalue weighted by Gasteiger charge is -2.36. The van der Waals surface area contributed by atoms with Crippen LogP contribution >= 0.6 is 23.8 Å². The van der Waals surface area contributed by atoms with E-state index in [1.54, 1.807) is 24.3 Å². The standard InChI is InChI=1S/C22H25ClN4O2S/c1-15(2)20(28)25-22(30)24-18-7-9-19(10-8-18)26-11-13-27(14-12-26)21(29)16-3-5-17(23)6-4-16/h3-10,15H,11-14H2,1-2H3,(H2,24,25,28,30). The van der Waals surface area contributed by atoms with E-state index in [2.05, 4.69) is 15.5 Å². The van der Waals surface area contributed by atoms with Gasteiger partial charge in [0, 0.05) is 54.1 Å². The highest BCUT2D eigenvalue weighted by atomic mass is 35.5. The van der Waals surface area contributed by atoms with E-state index in [0.717, 1.165) is 24.5 Å². The van der Waals surface area contributed by atoms with Crippen molar-refractivity contribution >= 4 is 52.1 Å². The van der Waals surface area contributed by atoms with E-state index in [4.69, 9.17) is 23.8 Å². The largest absolute Gasteiger partial charge is 0.368 e. The number of nitrogens with one attached hydrogen (secondary N) is 2.